The lowest BCUT2D eigenvalue weighted by molar-refractivity contribution is -0.145. The van der Waals surface area contributed by atoms with Crippen molar-refractivity contribution in [1.29, 1.82) is 0 Å². The molecule has 0 saturated carbocycles. The summed E-state index contributed by atoms with van der Waals surface area (Å²) in [5, 5.41) is 14.9. The van der Waals surface area contributed by atoms with Gasteiger partial charge < -0.3 is 42.8 Å². The van der Waals surface area contributed by atoms with Crippen LogP contribution in [0.2, 0.25) is 0 Å². The van der Waals surface area contributed by atoms with Crippen molar-refractivity contribution in [3.8, 4) is 0 Å². The van der Waals surface area contributed by atoms with Crippen LogP contribution in [0.1, 0.15) is 36.9 Å². The van der Waals surface area contributed by atoms with E-state index in [1.807, 2.05) is 30.3 Å². The first-order valence-corrected chi connectivity index (χ1v) is 13.1. The van der Waals surface area contributed by atoms with Crippen LogP contribution in [0.15, 0.2) is 47.8 Å². The van der Waals surface area contributed by atoms with E-state index in [9.17, 15) is 24.3 Å². The topological polar surface area (TPSA) is 235 Å². The van der Waals surface area contributed by atoms with E-state index >= 15 is 0 Å². The third kappa shape index (κ3) is 8.80. The molecule has 4 unspecified atom stereocenters. The van der Waals surface area contributed by atoms with Gasteiger partial charge in [0.25, 0.3) is 0 Å². The molecular weight excluding hydrogens is 518 g/mol. The Morgan fingerprint density at radius 2 is 1.88 bits per heavy atom. The van der Waals surface area contributed by atoms with E-state index in [1.165, 1.54) is 11.2 Å². The number of nitrogens with one attached hydrogen (secondary N) is 3. The number of aromatic nitrogens is 2. The molecule has 1 aromatic carbocycles. The molecule has 1 saturated heterocycles. The fraction of sp³-hybridized carbons (Fsp3) is 0.462. The highest BCUT2D eigenvalue weighted by Gasteiger charge is 2.39. The number of likely N-dealkylation sites (tertiary alicyclic amines) is 1. The molecule has 2 aromatic rings. The Kier molecular flexibility index (Phi) is 11.0. The second-order valence-corrected chi connectivity index (χ2v) is 9.68. The number of guanidine groups is 1. The Labute approximate surface area is 231 Å². The summed E-state index contributed by atoms with van der Waals surface area (Å²) in [4.78, 5) is 63.7. The maximum absolute atomic E-state index is 13.7. The lowest BCUT2D eigenvalue weighted by Crippen LogP contribution is -2.57. The van der Waals surface area contributed by atoms with Gasteiger partial charge in [0.05, 0.1) is 12.4 Å². The molecule has 10 N–H and O–H groups in total. The molecule has 0 spiro atoms. The van der Waals surface area contributed by atoms with Gasteiger partial charge in [-0.1, -0.05) is 30.3 Å². The standard InChI is InChI=1S/C26H37N9O5/c27-18(12-16-6-2-1-3-7-16)22(36)34-20(13-17-14-30-15-32-17)24(38)35-11-5-9-21(35)23(37)33-19(25(39)40)8-4-10-31-26(28)29/h1-3,6-7,14-15,18-21H,4-5,8-13,27H2,(H,30,32)(H,33,37)(H,34,36)(H,39,40)(H4,28,29,31). The number of rotatable bonds is 14. The number of imidazole rings is 1. The van der Waals surface area contributed by atoms with E-state index in [0.29, 0.717) is 25.0 Å². The lowest BCUT2D eigenvalue weighted by Gasteiger charge is -2.30. The van der Waals surface area contributed by atoms with Gasteiger partial charge in [0.15, 0.2) is 5.96 Å². The Balaban J connectivity index is 1.69. The van der Waals surface area contributed by atoms with E-state index in [-0.39, 0.29) is 38.3 Å². The number of aliphatic imine (C=N–C) groups is 1. The van der Waals surface area contributed by atoms with E-state index < -0.39 is 47.9 Å². The number of carboxylic acids is 1. The number of carboxylic acid groups (broad SMARTS) is 1. The number of hydrogen-bond acceptors (Lipinski definition) is 7. The van der Waals surface area contributed by atoms with Crippen LogP contribution in [0.4, 0.5) is 0 Å². The molecule has 14 heteroatoms. The van der Waals surface area contributed by atoms with Crippen LogP contribution in [0.25, 0.3) is 0 Å². The zero-order valence-corrected chi connectivity index (χ0v) is 22.2. The van der Waals surface area contributed by atoms with Crippen molar-refractivity contribution in [3.05, 3.63) is 54.1 Å². The van der Waals surface area contributed by atoms with Gasteiger partial charge in [-0.15, -0.1) is 0 Å². The third-order valence-electron chi connectivity index (χ3n) is 6.63. The van der Waals surface area contributed by atoms with Gasteiger partial charge in [0.2, 0.25) is 17.7 Å². The molecule has 1 aliphatic heterocycles. The molecule has 0 radical (unpaired) electrons. The Morgan fingerprint density at radius 1 is 1.12 bits per heavy atom. The largest absolute Gasteiger partial charge is 0.480 e. The van der Waals surface area contributed by atoms with Crippen molar-refractivity contribution >= 4 is 29.7 Å². The second kappa shape index (κ2) is 14.6. The Morgan fingerprint density at radius 3 is 2.52 bits per heavy atom. The number of H-pyrrole nitrogens is 1. The first-order chi connectivity index (χ1) is 19.2. The maximum Gasteiger partial charge on any atom is 0.326 e. The molecule has 1 fully saturated rings. The average Bonchev–Trinajstić information content (AvgIpc) is 3.62. The van der Waals surface area contributed by atoms with Crippen LogP contribution >= 0.6 is 0 Å². The van der Waals surface area contributed by atoms with Crippen LogP contribution < -0.4 is 27.8 Å². The smallest absolute Gasteiger partial charge is 0.326 e. The number of hydrogen-bond donors (Lipinski definition) is 7. The van der Waals surface area contributed by atoms with Crippen molar-refractivity contribution in [2.45, 2.75) is 62.7 Å². The van der Waals surface area contributed by atoms with Gasteiger partial charge >= 0.3 is 5.97 Å². The molecule has 4 atom stereocenters. The number of aromatic amines is 1. The summed E-state index contributed by atoms with van der Waals surface area (Å²) in [7, 11) is 0. The Bertz CT molecular complexity index is 1170. The van der Waals surface area contributed by atoms with Gasteiger partial charge in [-0.25, -0.2) is 9.78 Å². The third-order valence-corrected chi connectivity index (χ3v) is 6.63. The number of carbonyl (C=O) groups is 4. The van der Waals surface area contributed by atoms with Gasteiger partial charge in [0.1, 0.15) is 18.1 Å². The molecule has 40 heavy (non-hydrogen) atoms. The number of nitrogens with two attached hydrogens (primary N) is 3. The van der Waals surface area contributed by atoms with Gasteiger partial charge in [-0.2, -0.15) is 0 Å². The van der Waals surface area contributed by atoms with Crippen LogP contribution in [0.5, 0.6) is 0 Å². The molecular formula is C26H37N9O5. The molecule has 0 aliphatic carbocycles. The quantitative estimate of drug-likeness (QED) is 0.0825. The average molecular weight is 556 g/mol. The second-order valence-electron chi connectivity index (χ2n) is 9.68. The molecule has 216 valence electrons. The number of carbonyl (C=O) groups excluding carboxylic acids is 3. The summed E-state index contributed by atoms with van der Waals surface area (Å²) >= 11 is 0. The highest BCUT2D eigenvalue weighted by atomic mass is 16.4. The molecule has 3 rings (SSSR count). The highest BCUT2D eigenvalue weighted by Crippen LogP contribution is 2.20. The van der Waals surface area contributed by atoms with Crippen molar-refractivity contribution in [2.75, 3.05) is 13.1 Å². The van der Waals surface area contributed by atoms with Gasteiger partial charge in [-0.05, 0) is 37.7 Å². The van der Waals surface area contributed by atoms with Gasteiger partial charge in [0, 0.05) is 31.4 Å². The van der Waals surface area contributed by atoms with Crippen LogP contribution in [0, 0.1) is 0 Å². The highest BCUT2D eigenvalue weighted by molar-refractivity contribution is 5.94. The molecule has 0 bridgehead atoms. The normalized spacial score (nSPS) is 16.9. The summed E-state index contributed by atoms with van der Waals surface area (Å²) in [6, 6.07) is 5.32. The summed E-state index contributed by atoms with van der Waals surface area (Å²) in [6.45, 7) is 0.502. The molecule has 3 amide bonds. The first kappa shape index (κ1) is 30.1. The summed E-state index contributed by atoms with van der Waals surface area (Å²) < 4.78 is 0. The van der Waals surface area contributed by atoms with Crippen LogP contribution in [0.3, 0.4) is 0 Å². The Hall–Kier alpha value is -4.46. The molecule has 14 nitrogen and oxygen atoms in total. The number of nitrogens with zero attached hydrogens (tertiary/aromatic N) is 3. The van der Waals surface area contributed by atoms with Crippen LogP contribution in [-0.4, -0.2) is 86.9 Å². The number of amides is 3. The van der Waals surface area contributed by atoms with E-state index in [2.05, 4.69) is 25.6 Å². The van der Waals surface area contributed by atoms with Crippen molar-refractivity contribution in [3.63, 3.8) is 0 Å². The number of benzene rings is 1. The fourth-order valence-electron chi connectivity index (χ4n) is 4.59. The van der Waals surface area contributed by atoms with Gasteiger partial charge in [-0.3, -0.25) is 19.4 Å². The summed E-state index contributed by atoms with van der Waals surface area (Å²) in [6.07, 6.45) is 4.75. The van der Waals surface area contributed by atoms with Crippen molar-refractivity contribution in [1.82, 2.24) is 25.5 Å². The minimum atomic E-state index is -1.20. The van der Waals surface area contributed by atoms with Crippen molar-refractivity contribution < 1.29 is 24.3 Å². The SMILES string of the molecule is NC(N)=NCCCC(NC(=O)C1CCCN1C(=O)C(Cc1cnc[nH]1)NC(=O)C(N)Cc1ccccc1)C(=O)O. The summed E-state index contributed by atoms with van der Waals surface area (Å²) in [5.41, 5.74) is 18.2. The molecule has 1 aromatic heterocycles. The van der Waals surface area contributed by atoms with Crippen LogP contribution in [-0.2, 0) is 32.0 Å². The van der Waals surface area contributed by atoms with E-state index in [1.54, 1.807) is 6.20 Å². The monoisotopic (exact) mass is 555 g/mol. The minimum Gasteiger partial charge on any atom is -0.480 e. The lowest BCUT2D eigenvalue weighted by atomic mass is 10.0. The molecule has 2 heterocycles. The minimum absolute atomic E-state index is 0.103. The predicted molar refractivity (Wildman–Crippen MR) is 147 cm³/mol. The summed E-state index contributed by atoms with van der Waals surface area (Å²) in [5.74, 6) is -2.85. The van der Waals surface area contributed by atoms with Crippen molar-refractivity contribution in [2.24, 2.45) is 22.2 Å². The molecule has 1 aliphatic rings. The van der Waals surface area contributed by atoms with E-state index in [4.69, 9.17) is 17.2 Å². The zero-order valence-electron chi connectivity index (χ0n) is 22.2. The van der Waals surface area contributed by atoms with E-state index in [0.717, 1.165) is 5.56 Å². The zero-order chi connectivity index (χ0) is 29.1. The number of aliphatic carboxylic acids is 1. The maximum atomic E-state index is 13.7. The first-order valence-electron chi connectivity index (χ1n) is 13.1. The predicted octanol–water partition coefficient (Wildman–Crippen LogP) is -1.38. The fourth-order valence-corrected chi connectivity index (χ4v) is 4.59.